The lowest BCUT2D eigenvalue weighted by atomic mass is 10.1. The normalized spacial score (nSPS) is 10.2. The zero-order chi connectivity index (χ0) is 17.1. The molecule has 0 atom stereocenters. The van der Waals surface area contributed by atoms with Gasteiger partial charge in [0, 0.05) is 5.56 Å². The predicted molar refractivity (Wildman–Crippen MR) is 92.3 cm³/mol. The monoisotopic (exact) mass is 317 g/mol. The molecule has 3 rings (SSSR count). The standard InChI is InChI=1S/C18H15N5O/c1-11-3-2-4-14(9-11)24-13-7-5-12(6-8-13)16-15(10-19)17(20)23-18(21)22-16/h2-9H,1H3,(H4,20,21,22,23). The summed E-state index contributed by atoms with van der Waals surface area (Å²) in [7, 11) is 0. The number of nitrogen functional groups attached to an aromatic ring is 2. The van der Waals surface area contributed by atoms with Gasteiger partial charge in [0.15, 0.2) is 0 Å². The highest BCUT2D eigenvalue weighted by Gasteiger charge is 2.13. The van der Waals surface area contributed by atoms with Crippen molar-refractivity contribution in [3.63, 3.8) is 0 Å². The third-order valence-corrected chi connectivity index (χ3v) is 3.42. The SMILES string of the molecule is Cc1cccc(Oc2ccc(-c3nc(N)nc(N)c3C#N)cc2)c1. The van der Waals surface area contributed by atoms with Gasteiger partial charge in [0.25, 0.3) is 0 Å². The van der Waals surface area contributed by atoms with E-state index in [0.717, 1.165) is 11.3 Å². The number of rotatable bonds is 3. The lowest BCUT2D eigenvalue weighted by molar-refractivity contribution is 0.482. The first kappa shape index (κ1) is 15.3. The van der Waals surface area contributed by atoms with Crippen LogP contribution in [0.2, 0.25) is 0 Å². The first-order valence-electron chi connectivity index (χ1n) is 7.25. The molecule has 0 amide bonds. The van der Waals surface area contributed by atoms with E-state index in [4.69, 9.17) is 16.2 Å². The molecule has 1 heterocycles. The summed E-state index contributed by atoms with van der Waals surface area (Å²) in [5.74, 6) is 1.54. The molecule has 0 fully saturated rings. The van der Waals surface area contributed by atoms with Crippen molar-refractivity contribution in [2.24, 2.45) is 0 Å². The number of anilines is 2. The molecule has 0 bridgehead atoms. The molecule has 0 saturated heterocycles. The van der Waals surface area contributed by atoms with Crippen LogP contribution in [-0.4, -0.2) is 9.97 Å². The van der Waals surface area contributed by atoms with Crippen molar-refractivity contribution in [3.05, 3.63) is 59.7 Å². The van der Waals surface area contributed by atoms with E-state index in [1.165, 1.54) is 0 Å². The second-order valence-corrected chi connectivity index (χ2v) is 5.25. The summed E-state index contributed by atoms with van der Waals surface area (Å²) >= 11 is 0. The summed E-state index contributed by atoms with van der Waals surface area (Å²) in [6.07, 6.45) is 0. The number of aryl methyl sites for hydroxylation is 1. The van der Waals surface area contributed by atoms with Gasteiger partial charge in [-0.15, -0.1) is 0 Å². The lowest BCUT2D eigenvalue weighted by Crippen LogP contribution is -2.04. The van der Waals surface area contributed by atoms with Crippen molar-refractivity contribution in [1.82, 2.24) is 9.97 Å². The second-order valence-electron chi connectivity index (χ2n) is 5.25. The van der Waals surface area contributed by atoms with Crippen molar-refractivity contribution < 1.29 is 4.74 Å². The first-order chi connectivity index (χ1) is 11.6. The average molecular weight is 317 g/mol. The van der Waals surface area contributed by atoms with Crippen LogP contribution in [-0.2, 0) is 0 Å². The van der Waals surface area contributed by atoms with E-state index < -0.39 is 0 Å². The van der Waals surface area contributed by atoms with Gasteiger partial charge in [0.2, 0.25) is 5.95 Å². The Labute approximate surface area is 139 Å². The van der Waals surface area contributed by atoms with Crippen LogP contribution >= 0.6 is 0 Å². The molecule has 118 valence electrons. The Morgan fingerprint density at radius 1 is 1.00 bits per heavy atom. The van der Waals surface area contributed by atoms with Crippen molar-refractivity contribution in [2.75, 3.05) is 11.5 Å². The van der Waals surface area contributed by atoms with E-state index in [9.17, 15) is 5.26 Å². The van der Waals surface area contributed by atoms with Gasteiger partial charge in [0.1, 0.15) is 28.9 Å². The summed E-state index contributed by atoms with van der Waals surface area (Å²) in [5, 5.41) is 9.25. The van der Waals surface area contributed by atoms with E-state index in [1.54, 1.807) is 24.3 Å². The minimum absolute atomic E-state index is 0.0292. The Bertz CT molecular complexity index is 929. The molecule has 1 aromatic heterocycles. The third-order valence-electron chi connectivity index (χ3n) is 3.42. The van der Waals surface area contributed by atoms with Gasteiger partial charge in [-0.2, -0.15) is 10.2 Å². The quantitative estimate of drug-likeness (QED) is 0.767. The van der Waals surface area contributed by atoms with Crippen LogP contribution in [0.3, 0.4) is 0 Å². The fourth-order valence-corrected chi connectivity index (χ4v) is 2.31. The number of benzene rings is 2. The van der Waals surface area contributed by atoms with Crippen LogP contribution < -0.4 is 16.2 Å². The van der Waals surface area contributed by atoms with Gasteiger partial charge in [0.05, 0.1) is 5.69 Å². The van der Waals surface area contributed by atoms with Gasteiger partial charge < -0.3 is 16.2 Å². The number of aromatic nitrogens is 2. The predicted octanol–water partition coefficient (Wildman–Crippen LogP) is 3.28. The molecule has 2 aromatic carbocycles. The molecule has 0 saturated carbocycles. The zero-order valence-electron chi connectivity index (χ0n) is 13.0. The first-order valence-corrected chi connectivity index (χ1v) is 7.25. The topological polar surface area (TPSA) is 111 Å². The summed E-state index contributed by atoms with van der Waals surface area (Å²) in [4.78, 5) is 7.93. The van der Waals surface area contributed by atoms with E-state index in [2.05, 4.69) is 9.97 Å². The number of ether oxygens (including phenoxy) is 1. The summed E-state index contributed by atoms with van der Waals surface area (Å²) in [6, 6.07) is 17.0. The highest BCUT2D eigenvalue weighted by Crippen LogP contribution is 2.28. The van der Waals surface area contributed by atoms with Gasteiger partial charge >= 0.3 is 0 Å². The molecule has 0 unspecified atom stereocenters. The van der Waals surface area contributed by atoms with Crippen molar-refractivity contribution in [3.8, 4) is 28.8 Å². The molecule has 0 aliphatic heterocycles. The number of nitriles is 1. The fourth-order valence-electron chi connectivity index (χ4n) is 2.31. The Morgan fingerprint density at radius 2 is 1.75 bits per heavy atom. The Hall–Kier alpha value is -3.59. The number of hydrogen-bond acceptors (Lipinski definition) is 6. The van der Waals surface area contributed by atoms with Crippen LogP contribution in [0, 0.1) is 18.3 Å². The Balaban J connectivity index is 1.92. The minimum atomic E-state index is 0.0292. The van der Waals surface area contributed by atoms with Crippen molar-refractivity contribution in [1.29, 1.82) is 5.26 Å². The van der Waals surface area contributed by atoms with E-state index >= 15 is 0 Å². The lowest BCUT2D eigenvalue weighted by Gasteiger charge is -2.09. The van der Waals surface area contributed by atoms with Crippen molar-refractivity contribution >= 4 is 11.8 Å². The molecule has 6 nitrogen and oxygen atoms in total. The maximum atomic E-state index is 9.25. The van der Waals surface area contributed by atoms with E-state index in [-0.39, 0.29) is 17.3 Å². The molecule has 0 spiro atoms. The Kier molecular flexibility index (Phi) is 4.00. The van der Waals surface area contributed by atoms with Gasteiger partial charge in [-0.1, -0.05) is 12.1 Å². The average Bonchev–Trinajstić information content (AvgIpc) is 2.55. The molecule has 3 aromatic rings. The maximum Gasteiger partial charge on any atom is 0.222 e. The number of nitrogens with two attached hydrogens (primary N) is 2. The minimum Gasteiger partial charge on any atom is -0.457 e. The number of nitrogens with zero attached hydrogens (tertiary/aromatic N) is 3. The number of hydrogen-bond donors (Lipinski definition) is 2. The summed E-state index contributed by atoms with van der Waals surface area (Å²) < 4.78 is 5.81. The fraction of sp³-hybridized carbons (Fsp3) is 0.0556. The molecular weight excluding hydrogens is 302 g/mol. The molecule has 0 aliphatic rings. The molecule has 6 heteroatoms. The smallest absolute Gasteiger partial charge is 0.222 e. The summed E-state index contributed by atoms with van der Waals surface area (Å²) in [5.41, 5.74) is 13.8. The molecule has 0 radical (unpaired) electrons. The highest BCUT2D eigenvalue weighted by molar-refractivity contribution is 5.73. The molecule has 4 N–H and O–H groups in total. The van der Waals surface area contributed by atoms with Crippen LogP contribution in [0.15, 0.2) is 48.5 Å². The Morgan fingerprint density at radius 3 is 2.42 bits per heavy atom. The van der Waals surface area contributed by atoms with Gasteiger partial charge in [-0.25, -0.2) is 4.98 Å². The molecule has 0 aliphatic carbocycles. The molecule has 24 heavy (non-hydrogen) atoms. The second kappa shape index (κ2) is 6.26. The van der Waals surface area contributed by atoms with E-state index in [0.29, 0.717) is 17.0 Å². The van der Waals surface area contributed by atoms with Crippen LogP contribution in [0.25, 0.3) is 11.3 Å². The molecular formula is C18H15N5O. The van der Waals surface area contributed by atoms with Gasteiger partial charge in [-0.3, -0.25) is 0 Å². The van der Waals surface area contributed by atoms with Crippen molar-refractivity contribution in [2.45, 2.75) is 6.92 Å². The maximum absolute atomic E-state index is 9.25. The van der Waals surface area contributed by atoms with E-state index in [1.807, 2.05) is 37.3 Å². The van der Waals surface area contributed by atoms with Crippen LogP contribution in [0.5, 0.6) is 11.5 Å². The zero-order valence-corrected chi connectivity index (χ0v) is 13.0. The summed E-state index contributed by atoms with van der Waals surface area (Å²) in [6.45, 7) is 2.00. The highest BCUT2D eigenvalue weighted by atomic mass is 16.5. The van der Waals surface area contributed by atoms with Gasteiger partial charge in [-0.05, 0) is 48.9 Å². The van der Waals surface area contributed by atoms with Crippen LogP contribution in [0.1, 0.15) is 11.1 Å². The van der Waals surface area contributed by atoms with Crippen LogP contribution in [0.4, 0.5) is 11.8 Å². The largest absolute Gasteiger partial charge is 0.457 e. The third kappa shape index (κ3) is 3.10.